The molecule has 1 rings (SSSR count). The molecule has 0 aliphatic rings. The van der Waals surface area contributed by atoms with E-state index in [0.29, 0.717) is 13.0 Å². The maximum Gasteiger partial charge on any atom is 0.327 e. The summed E-state index contributed by atoms with van der Waals surface area (Å²) in [6.45, 7) is 0.393. The van der Waals surface area contributed by atoms with E-state index in [-0.39, 0.29) is 18.7 Å². The van der Waals surface area contributed by atoms with Crippen LogP contribution < -0.4 is 10.1 Å². The summed E-state index contributed by atoms with van der Waals surface area (Å²) in [5.74, 6) is 1.49. The van der Waals surface area contributed by atoms with Crippen LogP contribution in [0.25, 0.3) is 0 Å². The molecule has 1 aromatic rings. The zero-order valence-corrected chi connectivity index (χ0v) is 11.0. The van der Waals surface area contributed by atoms with Gasteiger partial charge in [-0.15, -0.1) is 12.3 Å². The van der Waals surface area contributed by atoms with Gasteiger partial charge in [0, 0.05) is 12.8 Å². The van der Waals surface area contributed by atoms with Gasteiger partial charge >= 0.3 is 5.97 Å². The number of aliphatic carboxylic acids is 1. The molecule has 1 atom stereocenters. The topological polar surface area (TPSA) is 75.6 Å². The molecule has 1 amide bonds. The van der Waals surface area contributed by atoms with Crippen LogP contribution in [0.5, 0.6) is 5.75 Å². The van der Waals surface area contributed by atoms with Crippen molar-refractivity contribution >= 4 is 11.9 Å². The van der Waals surface area contributed by atoms with Crippen LogP contribution in [0, 0.1) is 12.3 Å². The fourth-order valence-electron chi connectivity index (χ4n) is 1.52. The van der Waals surface area contributed by atoms with Crippen LogP contribution in [0.3, 0.4) is 0 Å². The van der Waals surface area contributed by atoms with E-state index in [0.717, 1.165) is 5.75 Å². The third-order valence-corrected chi connectivity index (χ3v) is 2.52. The van der Waals surface area contributed by atoms with Gasteiger partial charge in [-0.1, -0.05) is 18.2 Å². The highest BCUT2D eigenvalue weighted by Crippen LogP contribution is 2.08. The third-order valence-electron chi connectivity index (χ3n) is 2.52. The number of amides is 1. The van der Waals surface area contributed by atoms with Crippen molar-refractivity contribution < 1.29 is 19.4 Å². The van der Waals surface area contributed by atoms with Gasteiger partial charge in [-0.3, -0.25) is 4.79 Å². The van der Waals surface area contributed by atoms with E-state index >= 15 is 0 Å². The first-order valence-corrected chi connectivity index (χ1v) is 6.27. The largest absolute Gasteiger partial charge is 0.494 e. The van der Waals surface area contributed by atoms with Crippen molar-refractivity contribution in [3.8, 4) is 18.1 Å². The molecule has 1 aromatic carbocycles. The summed E-state index contributed by atoms with van der Waals surface area (Å²) in [4.78, 5) is 22.4. The lowest BCUT2D eigenvalue weighted by Gasteiger charge is -2.11. The molecule has 0 aliphatic heterocycles. The Hall–Kier alpha value is -2.48. The van der Waals surface area contributed by atoms with Crippen LogP contribution in [0.1, 0.15) is 19.3 Å². The van der Waals surface area contributed by atoms with Gasteiger partial charge in [-0.25, -0.2) is 4.79 Å². The number of carboxylic acids is 1. The van der Waals surface area contributed by atoms with Crippen LogP contribution in [-0.4, -0.2) is 29.6 Å². The number of nitrogens with one attached hydrogen (secondary N) is 1. The summed E-state index contributed by atoms with van der Waals surface area (Å²) in [6, 6.07) is 8.24. The second-order valence-corrected chi connectivity index (χ2v) is 4.13. The van der Waals surface area contributed by atoms with Gasteiger partial charge in [0.25, 0.3) is 0 Å². The summed E-state index contributed by atoms with van der Waals surface area (Å²) in [7, 11) is 0. The van der Waals surface area contributed by atoms with Crippen molar-refractivity contribution in [1.82, 2.24) is 5.32 Å². The standard InChI is InChI=1S/C15H17NO4/c1-2-7-13(15(18)19)16-14(17)10-6-11-20-12-8-4-3-5-9-12/h1,3-5,8-9,13H,6-7,10-11H2,(H,16,17)(H,18,19). The molecule has 0 spiro atoms. The second kappa shape index (κ2) is 8.59. The Kier molecular flexibility index (Phi) is 6.69. The predicted octanol–water partition coefficient (Wildman–Crippen LogP) is 1.44. The van der Waals surface area contributed by atoms with Gasteiger partial charge in [0.2, 0.25) is 5.91 Å². The molecule has 0 heterocycles. The van der Waals surface area contributed by atoms with E-state index in [1.165, 1.54) is 0 Å². The molecule has 0 aliphatic carbocycles. The van der Waals surface area contributed by atoms with E-state index in [4.69, 9.17) is 16.3 Å². The normalized spacial score (nSPS) is 11.2. The highest BCUT2D eigenvalue weighted by Gasteiger charge is 2.18. The minimum atomic E-state index is -1.13. The first-order valence-electron chi connectivity index (χ1n) is 6.27. The van der Waals surface area contributed by atoms with E-state index in [1.807, 2.05) is 30.3 Å². The minimum absolute atomic E-state index is 0.0262. The molecular weight excluding hydrogens is 258 g/mol. The Morgan fingerprint density at radius 3 is 2.65 bits per heavy atom. The van der Waals surface area contributed by atoms with E-state index in [9.17, 15) is 9.59 Å². The van der Waals surface area contributed by atoms with Gasteiger partial charge < -0.3 is 15.2 Å². The lowest BCUT2D eigenvalue weighted by molar-refractivity contribution is -0.141. The first kappa shape index (κ1) is 15.6. The highest BCUT2D eigenvalue weighted by atomic mass is 16.5. The van der Waals surface area contributed by atoms with E-state index in [1.54, 1.807) is 0 Å². The number of terminal acetylenes is 1. The average Bonchev–Trinajstić information content (AvgIpc) is 2.44. The lowest BCUT2D eigenvalue weighted by Crippen LogP contribution is -2.40. The van der Waals surface area contributed by atoms with Crippen LogP contribution >= 0.6 is 0 Å². The van der Waals surface area contributed by atoms with Crippen molar-refractivity contribution in [3.63, 3.8) is 0 Å². The Balaban J connectivity index is 2.23. The molecule has 106 valence electrons. The summed E-state index contributed by atoms with van der Waals surface area (Å²) < 4.78 is 5.43. The van der Waals surface area contributed by atoms with Crippen molar-refractivity contribution in [1.29, 1.82) is 0 Å². The fourth-order valence-corrected chi connectivity index (χ4v) is 1.52. The van der Waals surface area contributed by atoms with Gasteiger partial charge in [0.15, 0.2) is 0 Å². The molecule has 0 bridgehead atoms. The van der Waals surface area contributed by atoms with Crippen molar-refractivity contribution in [2.45, 2.75) is 25.3 Å². The molecule has 1 unspecified atom stereocenters. The molecular formula is C15H17NO4. The molecule has 0 radical (unpaired) electrons. The zero-order valence-electron chi connectivity index (χ0n) is 11.0. The third kappa shape index (κ3) is 5.91. The Morgan fingerprint density at radius 2 is 2.05 bits per heavy atom. The van der Waals surface area contributed by atoms with Gasteiger partial charge in [-0.05, 0) is 18.6 Å². The van der Waals surface area contributed by atoms with Crippen molar-refractivity contribution in [3.05, 3.63) is 30.3 Å². The van der Waals surface area contributed by atoms with Gasteiger partial charge in [0.1, 0.15) is 11.8 Å². The Labute approximate surface area is 117 Å². The molecule has 0 fully saturated rings. The molecule has 2 N–H and O–H groups in total. The summed E-state index contributed by atoms with van der Waals surface area (Å²) in [6.07, 6.45) is 5.72. The van der Waals surface area contributed by atoms with E-state index in [2.05, 4.69) is 11.2 Å². The quantitative estimate of drug-likeness (QED) is 0.556. The van der Waals surface area contributed by atoms with Gasteiger partial charge in [0.05, 0.1) is 6.61 Å². The average molecular weight is 275 g/mol. The predicted molar refractivity (Wildman–Crippen MR) is 74.2 cm³/mol. The molecule has 0 saturated heterocycles. The number of carboxylic acid groups (broad SMARTS) is 1. The number of benzene rings is 1. The SMILES string of the molecule is C#CCC(NC(=O)CCCOc1ccccc1)C(=O)O. The van der Waals surface area contributed by atoms with Crippen LogP contribution in [0.4, 0.5) is 0 Å². The number of rotatable bonds is 8. The lowest BCUT2D eigenvalue weighted by atomic mass is 10.2. The summed E-state index contributed by atoms with van der Waals surface area (Å²) in [5, 5.41) is 11.2. The Bertz CT molecular complexity index is 478. The minimum Gasteiger partial charge on any atom is -0.494 e. The van der Waals surface area contributed by atoms with Crippen molar-refractivity contribution in [2.75, 3.05) is 6.61 Å². The number of carbonyl (C=O) groups is 2. The number of ether oxygens (including phenoxy) is 1. The van der Waals surface area contributed by atoms with Crippen LogP contribution in [0.15, 0.2) is 30.3 Å². The maximum absolute atomic E-state index is 11.5. The van der Waals surface area contributed by atoms with Crippen LogP contribution in [-0.2, 0) is 9.59 Å². The molecule has 5 heteroatoms. The molecule has 5 nitrogen and oxygen atoms in total. The van der Waals surface area contributed by atoms with Gasteiger partial charge in [-0.2, -0.15) is 0 Å². The maximum atomic E-state index is 11.5. The number of hydrogen-bond acceptors (Lipinski definition) is 3. The number of carbonyl (C=O) groups excluding carboxylic acids is 1. The smallest absolute Gasteiger partial charge is 0.327 e. The first-order chi connectivity index (χ1) is 9.63. The number of hydrogen-bond donors (Lipinski definition) is 2. The summed E-state index contributed by atoms with van der Waals surface area (Å²) >= 11 is 0. The van der Waals surface area contributed by atoms with E-state index < -0.39 is 12.0 Å². The monoisotopic (exact) mass is 275 g/mol. The van der Waals surface area contributed by atoms with Crippen LogP contribution in [0.2, 0.25) is 0 Å². The Morgan fingerprint density at radius 1 is 1.35 bits per heavy atom. The summed E-state index contributed by atoms with van der Waals surface area (Å²) in [5.41, 5.74) is 0. The number of para-hydroxylation sites is 1. The fraction of sp³-hybridized carbons (Fsp3) is 0.333. The zero-order chi connectivity index (χ0) is 14.8. The second-order valence-electron chi connectivity index (χ2n) is 4.13. The van der Waals surface area contributed by atoms with Crippen molar-refractivity contribution in [2.24, 2.45) is 0 Å². The molecule has 20 heavy (non-hydrogen) atoms. The highest BCUT2D eigenvalue weighted by molar-refractivity contribution is 5.83. The molecule has 0 aromatic heterocycles. The molecule has 0 saturated carbocycles.